The molecule has 0 unspecified atom stereocenters. The summed E-state index contributed by atoms with van der Waals surface area (Å²) in [6.07, 6.45) is 1.52. The number of amides is 1. The Bertz CT molecular complexity index is 1280. The van der Waals surface area contributed by atoms with E-state index in [1.54, 1.807) is 42.5 Å². The number of thioether (sulfide) groups is 1. The first-order valence-corrected chi connectivity index (χ1v) is 12.4. The summed E-state index contributed by atoms with van der Waals surface area (Å²) in [5.74, 6) is -0.437. The molecule has 2 heterocycles. The van der Waals surface area contributed by atoms with Crippen LogP contribution in [-0.4, -0.2) is 34.2 Å². The van der Waals surface area contributed by atoms with E-state index in [-0.39, 0.29) is 11.7 Å². The lowest BCUT2D eigenvalue weighted by Crippen LogP contribution is -2.15. The van der Waals surface area contributed by atoms with E-state index in [2.05, 4.69) is 36.6 Å². The lowest BCUT2D eigenvalue weighted by molar-refractivity contribution is -0.113. The predicted octanol–water partition coefficient (Wildman–Crippen LogP) is 6.03. The SMILES string of the molecule is CCOC(=O)c1cccc(NC(=O)CSc2ncnc3scc(-c4ccc(Br)cc4)c23)c1. The van der Waals surface area contributed by atoms with Crippen molar-refractivity contribution in [2.75, 3.05) is 17.7 Å². The summed E-state index contributed by atoms with van der Waals surface area (Å²) in [6, 6.07) is 14.8. The molecule has 9 heteroatoms. The van der Waals surface area contributed by atoms with E-state index in [1.165, 1.54) is 18.1 Å². The van der Waals surface area contributed by atoms with Crippen molar-refractivity contribution in [2.24, 2.45) is 0 Å². The van der Waals surface area contributed by atoms with Crippen molar-refractivity contribution in [3.05, 3.63) is 70.3 Å². The zero-order chi connectivity index (χ0) is 22.5. The average molecular weight is 528 g/mol. The largest absolute Gasteiger partial charge is 0.462 e. The summed E-state index contributed by atoms with van der Waals surface area (Å²) in [5.41, 5.74) is 3.05. The van der Waals surface area contributed by atoms with Crippen LogP contribution in [0.15, 0.2) is 69.7 Å². The number of benzene rings is 2. The maximum absolute atomic E-state index is 12.6. The number of hydrogen-bond acceptors (Lipinski definition) is 7. The Morgan fingerprint density at radius 3 is 2.75 bits per heavy atom. The Morgan fingerprint density at radius 1 is 1.16 bits per heavy atom. The fourth-order valence-corrected chi connectivity index (χ4v) is 5.13. The zero-order valence-corrected chi connectivity index (χ0v) is 20.2. The molecule has 0 aliphatic rings. The molecule has 0 aliphatic heterocycles. The molecule has 0 saturated heterocycles. The highest BCUT2D eigenvalue weighted by Gasteiger charge is 2.15. The van der Waals surface area contributed by atoms with Crippen LogP contribution in [0.2, 0.25) is 0 Å². The molecule has 0 fully saturated rings. The number of anilines is 1. The molecule has 2 aromatic carbocycles. The van der Waals surface area contributed by atoms with Crippen LogP contribution in [0, 0.1) is 0 Å². The van der Waals surface area contributed by atoms with Crippen LogP contribution >= 0.6 is 39.0 Å². The van der Waals surface area contributed by atoms with Gasteiger partial charge in [-0.15, -0.1) is 11.3 Å². The number of esters is 1. The number of nitrogens with one attached hydrogen (secondary N) is 1. The topological polar surface area (TPSA) is 81.2 Å². The van der Waals surface area contributed by atoms with E-state index in [0.29, 0.717) is 17.9 Å². The molecule has 0 bridgehead atoms. The summed E-state index contributed by atoms with van der Waals surface area (Å²) in [6.45, 7) is 2.05. The molecule has 1 amide bonds. The normalized spacial score (nSPS) is 10.8. The summed E-state index contributed by atoms with van der Waals surface area (Å²) in [7, 11) is 0. The fourth-order valence-electron chi connectivity index (χ4n) is 3.07. The Balaban J connectivity index is 1.49. The second-order valence-corrected chi connectivity index (χ2v) is 9.39. The molecule has 4 aromatic rings. The lowest BCUT2D eigenvalue weighted by Gasteiger charge is -2.08. The molecule has 32 heavy (non-hydrogen) atoms. The van der Waals surface area contributed by atoms with Gasteiger partial charge in [-0.25, -0.2) is 14.8 Å². The highest BCUT2D eigenvalue weighted by molar-refractivity contribution is 9.10. The van der Waals surface area contributed by atoms with E-state index in [9.17, 15) is 9.59 Å². The Kier molecular flexibility index (Phi) is 7.19. The van der Waals surface area contributed by atoms with E-state index in [0.717, 1.165) is 30.8 Å². The molecule has 1 N–H and O–H groups in total. The molecule has 0 saturated carbocycles. The number of aromatic nitrogens is 2. The molecule has 4 rings (SSSR count). The van der Waals surface area contributed by atoms with Crippen LogP contribution in [0.25, 0.3) is 21.3 Å². The van der Waals surface area contributed by atoms with E-state index < -0.39 is 5.97 Å². The fraction of sp³-hybridized carbons (Fsp3) is 0.130. The Hall–Kier alpha value is -2.75. The van der Waals surface area contributed by atoms with Gasteiger partial charge >= 0.3 is 5.97 Å². The Morgan fingerprint density at radius 2 is 1.97 bits per heavy atom. The van der Waals surface area contributed by atoms with Gasteiger partial charge in [-0.3, -0.25) is 4.79 Å². The van der Waals surface area contributed by atoms with Gasteiger partial charge in [-0.05, 0) is 42.8 Å². The maximum atomic E-state index is 12.6. The molecule has 0 radical (unpaired) electrons. The van der Waals surface area contributed by atoms with Crippen LogP contribution in [0.5, 0.6) is 0 Å². The van der Waals surface area contributed by atoms with Crippen LogP contribution in [0.4, 0.5) is 5.69 Å². The highest BCUT2D eigenvalue weighted by atomic mass is 79.9. The number of carbonyl (C=O) groups is 2. The third-order valence-corrected chi connectivity index (χ3v) is 6.89. The van der Waals surface area contributed by atoms with Gasteiger partial charge in [-0.1, -0.05) is 45.9 Å². The minimum atomic E-state index is -0.417. The number of rotatable bonds is 7. The smallest absolute Gasteiger partial charge is 0.338 e. The van der Waals surface area contributed by atoms with Gasteiger partial charge in [0.25, 0.3) is 0 Å². The minimum Gasteiger partial charge on any atom is -0.462 e. The van der Waals surface area contributed by atoms with Gasteiger partial charge in [0.1, 0.15) is 16.2 Å². The second kappa shape index (κ2) is 10.2. The highest BCUT2D eigenvalue weighted by Crippen LogP contribution is 2.38. The third-order valence-electron chi connectivity index (χ3n) is 4.49. The molecule has 0 atom stereocenters. The number of nitrogens with zero attached hydrogens (tertiary/aromatic N) is 2. The van der Waals surface area contributed by atoms with Crippen LogP contribution in [0.3, 0.4) is 0 Å². The minimum absolute atomic E-state index is 0.172. The van der Waals surface area contributed by atoms with Crippen LogP contribution < -0.4 is 5.32 Å². The molecular formula is C23H18BrN3O3S2. The van der Waals surface area contributed by atoms with Gasteiger partial charge in [0.2, 0.25) is 5.91 Å². The van der Waals surface area contributed by atoms with Crippen LogP contribution in [0.1, 0.15) is 17.3 Å². The van der Waals surface area contributed by atoms with E-state index in [1.807, 2.05) is 24.3 Å². The van der Waals surface area contributed by atoms with Gasteiger partial charge in [0, 0.05) is 21.1 Å². The number of fused-ring (bicyclic) bond motifs is 1. The van der Waals surface area contributed by atoms with Crippen molar-refractivity contribution < 1.29 is 14.3 Å². The summed E-state index contributed by atoms with van der Waals surface area (Å²) >= 11 is 6.37. The van der Waals surface area contributed by atoms with Crippen molar-refractivity contribution in [1.29, 1.82) is 0 Å². The van der Waals surface area contributed by atoms with Crippen LogP contribution in [-0.2, 0) is 9.53 Å². The quantitative estimate of drug-likeness (QED) is 0.179. The monoisotopic (exact) mass is 527 g/mol. The third kappa shape index (κ3) is 5.17. The van der Waals surface area contributed by atoms with Crippen molar-refractivity contribution in [3.63, 3.8) is 0 Å². The van der Waals surface area contributed by atoms with Crippen molar-refractivity contribution in [2.45, 2.75) is 11.9 Å². The van der Waals surface area contributed by atoms with Gasteiger partial charge < -0.3 is 10.1 Å². The first-order valence-electron chi connectivity index (χ1n) is 9.73. The maximum Gasteiger partial charge on any atom is 0.338 e. The van der Waals surface area contributed by atoms with E-state index >= 15 is 0 Å². The predicted molar refractivity (Wildman–Crippen MR) is 132 cm³/mol. The molecule has 162 valence electrons. The van der Waals surface area contributed by atoms with Gasteiger partial charge in [0.05, 0.1) is 23.3 Å². The van der Waals surface area contributed by atoms with E-state index in [4.69, 9.17) is 4.74 Å². The Labute approximate surface area is 201 Å². The first kappa shape index (κ1) is 22.4. The van der Waals surface area contributed by atoms with Gasteiger partial charge in [0.15, 0.2) is 0 Å². The molecule has 2 aromatic heterocycles. The van der Waals surface area contributed by atoms with Crippen molar-refractivity contribution in [1.82, 2.24) is 9.97 Å². The molecule has 0 spiro atoms. The number of ether oxygens (including phenoxy) is 1. The second-order valence-electron chi connectivity index (χ2n) is 6.65. The number of halogens is 1. The molecule has 6 nitrogen and oxygen atoms in total. The standard InChI is InChI=1S/C23H18BrN3O3S2/c1-2-30-23(29)15-4-3-5-17(10-15)27-19(28)12-32-22-20-18(11-31-21(20)25-13-26-22)14-6-8-16(24)9-7-14/h3-11,13H,2,12H2,1H3,(H,27,28). The summed E-state index contributed by atoms with van der Waals surface area (Å²) in [5, 5.41) is 6.59. The lowest BCUT2D eigenvalue weighted by atomic mass is 10.1. The van der Waals surface area contributed by atoms with Crippen molar-refractivity contribution in [3.8, 4) is 11.1 Å². The van der Waals surface area contributed by atoms with Crippen molar-refractivity contribution >= 4 is 66.8 Å². The first-order chi connectivity index (χ1) is 15.5. The average Bonchev–Trinajstić information content (AvgIpc) is 3.23. The number of thiophene rings is 1. The molecular weight excluding hydrogens is 510 g/mol. The summed E-state index contributed by atoms with van der Waals surface area (Å²) in [4.78, 5) is 34.2. The molecule has 0 aliphatic carbocycles. The van der Waals surface area contributed by atoms with Gasteiger partial charge in [-0.2, -0.15) is 0 Å². The summed E-state index contributed by atoms with van der Waals surface area (Å²) < 4.78 is 6.02. The zero-order valence-electron chi connectivity index (χ0n) is 17.0. The number of carbonyl (C=O) groups excluding carboxylic acids is 2. The number of hydrogen-bond donors (Lipinski definition) is 1.